The first kappa shape index (κ1) is 26.5. The van der Waals surface area contributed by atoms with E-state index in [1.807, 2.05) is 17.0 Å². The van der Waals surface area contributed by atoms with Gasteiger partial charge in [-0.1, -0.05) is 13.2 Å². The van der Waals surface area contributed by atoms with Crippen LogP contribution >= 0.6 is 0 Å². The van der Waals surface area contributed by atoms with E-state index in [9.17, 15) is 19.2 Å². The molecule has 0 aliphatic rings. The van der Waals surface area contributed by atoms with Crippen LogP contribution in [0.1, 0.15) is 18.4 Å². The van der Waals surface area contributed by atoms with Crippen molar-refractivity contribution in [2.24, 2.45) is 0 Å². The molecular weight excluding hydrogens is 420 g/mol. The molecule has 1 rings (SSSR count). The highest BCUT2D eigenvalue weighted by atomic mass is 16.6. The van der Waals surface area contributed by atoms with Crippen molar-refractivity contribution in [3.63, 3.8) is 0 Å². The van der Waals surface area contributed by atoms with Gasteiger partial charge in [0.1, 0.15) is 26.4 Å². The summed E-state index contributed by atoms with van der Waals surface area (Å²) in [6, 6.07) is 3.68. The van der Waals surface area contributed by atoms with Gasteiger partial charge in [-0.15, -0.1) is 0 Å². The molecule has 10 heteroatoms. The van der Waals surface area contributed by atoms with Gasteiger partial charge in [0.2, 0.25) is 0 Å². The number of carbonyl (C=O) groups excluding carboxylic acids is 4. The van der Waals surface area contributed by atoms with E-state index >= 15 is 0 Å². The van der Waals surface area contributed by atoms with Crippen molar-refractivity contribution in [3.8, 4) is 0 Å². The highest BCUT2D eigenvalue weighted by Crippen LogP contribution is 2.06. The number of carbonyl (C=O) groups is 4. The highest BCUT2D eigenvalue weighted by Gasteiger charge is 2.13. The molecule has 0 atom stereocenters. The quantitative estimate of drug-likeness (QED) is 0.158. The maximum atomic E-state index is 11.9. The minimum absolute atomic E-state index is 0.0501. The second-order valence-electron chi connectivity index (χ2n) is 6.32. The maximum Gasteiger partial charge on any atom is 0.330 e. The molecule has 0 bridgehead atoms. The van der Waals surface area contributed by atoms with Crippen molar-refractivity contribution >= 4 is 23.9 Å². The van der Waals surface area contributed by atoms with E-state index in [1.165, 1.54) is 0 Å². The molecule has 0 saturated heterocycles. The predicted molar refractivity (Wildman–Crippen MR) is 113 cm³/mol. The summed E-state index contributed by atoms with van der Waals surface area (Å²) in [4.78, 5) is 51.7. The van der Waals surface area contributed by atoms with E-state index in [4.69, 9.17) is 18.9 Å². The monoisotopic (exact) mass is 448 g/mol. The fourth-order valence-electron chi connectivity index (χ4n) is 2.37. The molecule has 0 spiro atoms. The Morgan fingerprint density at radius 1 is 0.781 bits per heavy atom. The molecule has 0 amide bonds. The van der Waals surface area contributed by atoms with E-state index in [0.29, 0.717) is 19.6 Å². The van der Waals surface area contributed by atoms with Gasteiger partial charge in [0.25, 0.3) is 0 Å². The number of aromatic nitrogens is 1. The molecule has 0 radical (unpaired) electrons. The normalized spacial score (nSPS) is 10.2. The Hall–Kier alpha value is -3.53. The number of nitrogens with zero attached hydrogens (tertiary/aromatic N) is 2. The molecule has 32 heavy (non-hydrogen) atoms. The highest BCUT2D eigenvalue weighted by molar-refractivity contribution is 5.81. The Balaban J connectivity index is 2.42. The Bertz CT molecular complexity index is 722. The summed E-state index contributed by atoms with van der Waals surface area (Å²) in [6.07, 6.45) is 5.55. The molecule has 1 heterocycles. The molecular formula is C22H28N2O8. The van der Waals surface area contributed by atoms with Crippen molar-refractivity contribution in [1.82, 2.24) is 9.88 Å². The van der Waals surface area contributed by atoms with Crippen LogP contribution in [0.2, 0.25) is 0 Å². The molecule has 1 aromatic heterocycles. The zero-order valence-corrected chi connectivity index (χ0v) is 17.9. The maximum absolute atomic E-state index is 11.9. The van der Waals surface area contributed by atoms with Gasteiger partial charge in [0.15, 0.2) is 0 Å². The zero-order valence-electron chi connectivity index (χ0n) is 17.9. The summed E-state index contributed by atoms with van der Waals surface area (Å²) < 4.78 is 19.5. The first-order valence-electron chi connectivity index (χ1n) is 9.95. The number of hydrogen-bond acceptors (Lipinski definition) is 10. The molecule has 0 aliphatic carbocycles. The van der Waals surface area contributed by atoms with Crippen LogP contribution in [-0.4, -0.2) is 73.3 Å². The van der Waals surface area contributed by atoms with Crippen LogP contribution < -0.4 is 0 Å². The van der Waals surface area contributed by atoms with Crippen LogP contribution in [0.15, 0.2) is 49.8 Å². The Labute approximate surface area is 186 Å². The summed E-state index contributed by atoms with van der Waals surface area (Å²) in [5.74, 6) is -2.08. The van der Waals surface area contributed by atoms with Gasteiger partial charge in [-0.3, -0.25) is 19.5 Å². The van der Waals surface area contributed by atoms with Crippen LogP contribution in [0, 0.1) is 0 Å². The number of hydrogen-bond donors (Lipinski definition) is 0. The van der Waals surface area contributed by atoms with Gasteiger partial charge in [-0.25, -0.2) is 9.59 Å². The van der Waals surface area contributed by atoms with E-state index in [1.54, 1.807) is 12.4 Å². The third-order valence-corrected chi connectivity index (χ3v) is 3.93. The van der Waals surface area contributed by atoms with Crippen molar-refractivity contribution in [3.05, 3.63) is 55.4 Å². The zero-order chi connectivity index (χ0) is 23.6. The third-order valence-electron chi connectivity index (χ3n) is 3.93. The average Bonchev–Trinajstić information content (AvgIpc) is 2.81. The van der Waals surface area contributed by atoms with Crippen LogP contribution in [-0.2, 0) is 44.7 Å². The lowest BCUT2D eigenvalue weighted by molar-refractivity contribution is -0.150. The smallest absolute Gasteiger partial charge is 0.330 e. The minimum atomic E-state index is -0.588. The summed E-state index contributed by atoms with van der Waals surface area (Å²) in [5, 5.41) is 0. The fourth-order valence-corrected chi connectivity index (χ4v) is 2.37. The Morgan fingerprint density at radius 3 is 1.66 bits per heavy atom. The van der Waals surface area contributed by atoms with E-state index < -0.39 is 23.9 Å². The Kier molecular flexibility index (Phi) is 13.4. The lowest BCUT2D eigenvalue weighted by Gasteiger charge is -2.21. The van der Waals surface area contributed by atoms with Crippen LogP contribution in [0.25, 0.3) is 0 Å². The van der Waals surface area contributed by atoms with Crippen LogP contribution in [0.4, 0.5) is 0 Å². The van der Waals surface area contributed by atoms with Crippen LogP contribution in [0.5, 0.6) is 0 Å². The Morgan fingerprint density at radius 2 is 1.22 bits per heavy atom. The molecule has 1 aromatic rings. The van der Waals surface area contributed by atoms with Gasteiger partial charge < -0.3 is 18.9 Å². The molecule has 0 fully saturated rings. The molecule has 0 N–H and O–H groups in total. The van der Waals surface area contributed by atoms with Gasteiger partial charge >= 0.3 is 23.9 Å². The average molecular weight is 448 g/mol. The largest absolute Gasteiger partial charge is 0.462 e. The van der Waals surface area contributed by atoms with Crippen LogP contribution in [0.3, 0.4) is 0 Å². The standard InChI is InChI=1S/C22H28N2O8/c1-3-19(25)29-13-15-31-21(27)7-11-24(17-18-5-9-23-10-6-18)12-8-22(28)32-16-14-30-20(26)4-2/h3-6,9-10H,1-2,7-8,11-17H2. The van der Waals surface area contributed by atoms with E-state index in [0.717, 1.165) is 17.7 Å². The number of pyridine rings is 1. The van der Waals surface area contributed by atoms with Gasteiger partial charge in [-0.05, 0) is 17.7 Å². The minimum Gasteiger partial charge on any atom is -0.462 e. The molecule has 0 unspecified atom stereocenters. The van der Waals surface area contributed by atoms with Gasteiger partial charge in [0.05, 0.1) is 12.8 Å². The number of esters is 4. The molecule has 10 nitrogen and oxygen atoms in total. The lowest BCUT2D eigenvalue weighted by Crippen LogP contribution is -2.29. The summed E-state index contributed by atoms with van der Waals surface area (Å²) >= 11 is 0. The second-order valence-corrected chi connectivity index (χ2v) is 6.32. The van der Waals surface area contributed by atoms with Gasteiger partial charge in [-0.2, -0.15) is 0 Å². The molecule has 174 valence electrons. The van der Waals surface area contributed by atoms with Crippen molar-refractivity contribution in [2.45, 2.75) is 19.4 Å². The summed E-state index contributed by atoms with van der Waals surface area (Å²) in [7, 11) is 0. The van der Waals surface area contributed by atoms with Crippen molar-refractivity contribution in [1.29, 1.82) is 0 Å². The van der Waals surface area contributed by atoms with E-state index in [-0.39, 0.29) is 39.3 Å². The predicted octanol–water partition coefficient (Wildman–Crippen LogP) is 1.21. The number of ether oxygens (including phenoxy) is 4. The first-order valence-corrected chi connectivity index (χ1v) is 9.95. The van der Waals surface area contributed by atoms with Gasteiger partial charge in [0, 0.05) is 44.2 Å². The molecule has 0 saturated carbocycles. The fraction of sp³-hybridized carbons (Fsp3) is 0.409. The SMILES string of the molecule is C=CC(=O)OCCOC(=O)CCN(CCC(=O)OCCOC(=O)C=C)Cc1ccncc1. The molecule has 0 aromatic carbocycles. The second kappa shape index (κ2) is 16.2. The third kappa shape index (κ3) is 12.9. The number of rotatable bonds is 16. The summed E-state index contributed by atoms with van der Waals surface area (Å²) in [5.41, 5.74) is 0.967. The van der Waals surface area contributed by atoms with Crippen molar-refractivity contribution < 1.29 is 38.1 Å². The van der Waals surface area contributed by atoms with E-state index in [2.05, 4.69) is 18.1 Å². The molecule has 0 aliphatic heterocycles. The summed E-state index contributed by atoms with van der Waals surface area (Å²) in [6.45, 7) is 7.53. The first-order chi connectivity index (χ1) is 15.4. The van der Waals surface area contributed by atoms with Crippen molar-refractivity contribution in [2.75, 3.05) is 39.5 Å². The topological polar surface area (TPSA) is 121 Å². The lowest BCUT2D eigenvalue weighted by atomic mass is 10.2.